The lowest BCUT2D eigenvalue weighted by Gasteiger charge is -2.31. The van der Waals surface area contributed by atoms with Gasteiger partial charge in [-0.25, -0.2) is 19.0 Å². The van der Waals surface area contributed by atoms with Crippen LogP contribution in [-0.2, 0) is 6.18 Å². The van der Waals surface area contributed by atoms with Crippen molar-refractivity contribution in [2.24, 2.45) is 5.41 Å². The maximum Gasteiger partial charge on any atom is 0.451 e. The second-order valence-electron chi connectivity index (χ2n) is 7.33. The van der Waals surface area contributed by atoms with Gasteiger partial charge in [0.25, 0.3) is 0 Å². The highest BCUT2D eigenvalue weighted by Crippen LogP contribution is 2.33. The van der Waals surface area contributed by atoms with Crippen molar-refractivity contribution in [3.63, 3.8) is 0 Å². The van der Waals surface area contributed by atoms with Crippen LogP contribution in [0.5, 0.6) is 5.75 Å². The molecule has 3 rings (SSSR count). The van der Waals surface area contributed by atoms with Crippen molar-refractivity contribution in [2.75, 3.05) is 25.8 Å². The van der Waals surface area contributed by atoms with Crippen LogP contribution in [0, 0.1) is 11.2 Å². The number of ether oxygens (including phenoxy) is 1. The smallest absolute Gasteiger partial charge is 0.451 e. The molecule has 0 saturated heterocycles. The number of hydrogen-bond acceptors (Lipinski definition) is 5. The van der Waals surface area contributed by atoms with Crippen LogP contribution in [0.25, 0.3) is 16.9 Å². The monoisotopic (exact) mass is 477 g/mol. The van der Waals surface area contributed by atoms with E-state index in [1.54, 1.807) is 0 Å². The number of nitrogen functional groups attached to an aromatic ring is 1. The van der Waals surface area contributed by atoms with Gasteiger partial charge in [0.1, 0.15) is 49.2 Å². The maximum atomic E-state index is 14.3. The predicted molar refractivity (Wildman–Crippen MR) is 104 cm³/mol. The molecule has 1 atom stereocenters. The molecule has 2 heterocycles. The Bertz CT molecular complexity index is 1090. The molecule has 2 N–H and O–H groups in total. The summed E-state index contributed by atoms with van der Waals surface area (Å²) in [5.74, 6) is -2.38. The molecular formula is C20H18F7N5O. The van der Waals surface area contributed by atoms with Gasteiger partial charge in [-0.05, 0) is 19.1 Å². The molecule has 13 heteroatoms. The van der Waals surface area contributed by atoms with E-state index in [1.807, 2.05) is 0 Å². The van der Waals surface area contributed by atoms with Crippen molar-refractivity contribution >= 4 is 5.82 Å². The van der Waals surface area contributed by atoms with Crippen molar-refractivity contribution in [1.82, 2.24) is 19.7 Å². The zero-order valence-electron chi connectivity index (χ0n) is 17.1. The Morgan fingerprint density at radius 3 is 2.15 bits per heavy atom. The minimum absolute atomic E-state index is 0.00102. The number of halogens is 7. The van der Waals surface area contributed by atoms with Crippen LogP contribution in [-0.4, -0.2) is 45.9 Å². The van der Waals surface area contributed by atoms with Gasteiger partial charge < -0.3 is 10.5 Å². The van der Waals surface area contributed by atoms with E-state index < -0.39 is 49.4 Å². The highest BCUT2D eigenvalue weighted by Gasteiger charge is 2.39. The second-order valence-corrected chi connectivity index (χ2v) is 7.33. The fourth-order valence-electron chi connectivity index (χ4n) is 2.92. The molecule has 0 radical (unpaired) electrons. The van der Waals surface area contributed by atoms with Crippen LogP contribution in [0.2, 0.25) is 0 Å². The number of anilines is 1. The topological polar surface area (TPSA) is 78.9 Å². The lowest BCUT2D eigenvalue weighted by atomic mass is 9.87. The molecule has 33 heavy (non-hydrogen) atoms. The van der Waals surface area contributed by atoms with E-state index in [9.17, 15) is 30.7 Å². The first-order valence-corrected chi connectivity index (χ1v) is 9.43. The number of hydrogen-bond donors (Lipinski definition) is 1. The fourth-order valence-corrected chi connectivity index (χ4v) is 2.92. The molecule has 3 aromatic rings. The Morgan fingerprint density at radius 2 is 1.61 bits per heavy atom. The lowest BCUT2D eigenvalue weighted by molar-refractivity contribution is -0.145. The van der Waals surface area contributed by atoms with E-state index in [0.29, 0.717) is 0 Å². The van der Waals surface area contributed by atoms with Crippen molar-refractivity contribution in [3.8, 4) is 22.7 Å². The van der Waals surface area contributed by atoms with Crippen LogP contribution < -0.4 is 10.5 Å². The predicted octanol–water partition coefficient (Wildman–Crippen LogP) is 4.73. The quantitative estimate of drug-likeness (QED) is 0.475. The van der Waals surface area contributed by atoms with Gasteiger partial charge in [-0.3, -0.25) is 13.2 Å². The molecule has 0 aliphatic rings. The molecule has 0 aliphatic carbocycles. The zero-order valence-corrected chi connectivity index (χ0v) is 17.1. The molecule has 1 aromatic carbocycles. The molecule has 6 nitrogen and oxygen atoms in total. The van der Waals surface area contributed by atoms with E-state index in [4.69, 9.17) is 10.5 Å². The van der Waals surface area contributed by atoms with E-state index in [0.717, 1.165) is 29.2 Å². The van der Waals surface area contributed by atoms with Crippen molar-refractivity contribution in [1.29, 1.82) is 0 Å². The Labute approximate surface area is 183 Å². The summed E-state index contributed by atoms with van der Waals surface area (Å²) in [5.41, 5.74) is 3.93. The fraction of sp³-hybridized carbons (Fsp3) is 0.350. The summed E-state index contributed by atoms with van der Waals surface area (Å²) < 4.78 is 98.9. The highest BCUT2D eigenvalue weighted by atomic mass is 19.4. The Hall–Kier alpha value is -3.38. The van der Waals surface area contributed by atoms with Crippen molar-refractivity contribution in [3.05, 3.63) is 48.3 Å². The SMILES string of the molecule is CC(Oc1cc(F)cc(-c2cc(N)nn2-c2cnc(C(F)(F)F)nc2)c1)C(CF)(CF)CF. The molecule has 0 fully saturated rings. The van der Waals surface area contributed by atoms with Crippen LogP contribution in [0.15, 0.2) is 36.7 Å². The average Bonchev–Trinajstić information content (AvgIpc) is 3.16. The van der Waals surface area contributed by atoms with Gasteiger partial charge in [-0.15, -0.1) is 5.10 Å². The normalized spacial score (nSPS) is 13.2. The largest absolute Gasteiger partial charge is 0.490 e. The van der Waals surface area contributed by atoms with Gasteiger partial charge in [-0.1, -0.05) is 0 Å². The number of alkyl halides is 6. The van der Waals surface area contributed by atoms with E-state index >= 15 is 0 Å². The van der Waals surface area contributed by atoms with Gasteiger partial charge in [0, 0.05) is 17.7 Å². The second kappa shape index (κ2) is 9.24. The number of rotatable bonds is 8. The standard InChI is InChI=1S/C20H18F7N5O/c1-11(19(8-21,9-22)10-23)33-15-3-12(2-13(24)4-15)16-5-17(28)31-32(16)14-6-29-18(30-7-14)20(25,26)27/h2-7,11H,8-10H2,1H3,(H2,28,31). The minimum Gasteiger partial charge on any atom is -0.490 e. The molecule has 178 valence electrons. The minimum atomic E-state index is -4.75. The molecule has 0 spiro atoms. The van der Waals surface area contributed by atoms with Crippen LogP contribution in [0.1, 0.15) is 12.7 Å². The summed E-state index contributed by atoms with van der Waals surface area (Å²) >= 11 is 0. The van der Waals surface area contributed by atoms with Crippen molar-refractivity contribution in [2.45, 2.75) is 19.2 Å². The number of nitrogens with two attached hydrogens (primary N) is 1. The number of aromatic nitrogens is 4. The summed E-state index contributed by atoms with van der Waals surface area (Å²) in [6, 6.07) is 4.60. The molecule has 0 bridgehead atoms. The molecule has 0 amide bonds. The summed E-state index contributed by atoms with van der Waals surface area (Å²) in [6.45, 7) is -2.74. The average molecular weight is 477 g/mol. The molecule has 0 aliphatic heterocycles. The summed E-state index contributed by atoms with van der Waals surface area (Å²) in [5, 5.41) is 3.97. The van der Waals surface area contributed by atoms with Gasteiger partial charge in [0.05, 0.1) is 23.5 Å². The summed E-state index contributed by atoms with van der Waals surface area (Å²) in [6.07, 6.45) is -4.31. The first-order chi connectivity index (χ1) is 15.5. The Morgan fingerprint density at radius 1 is 1.00 bits per heavy atom. The number of nitrogens with zero attached hydrogens (tertiary/aromatic N) is 4. The van der Waals surface area contributed by atoms with Gasteiger partial charge in [0.15, 0.2) is 0 Å². The van der Waals surface area contributed by atoms with Gasteiger partial charge in [-0.2, -0.15) is 13.2 Å². The van der Waals surface area contributed by atoms with Crippen LogP contribution >= 0.6 is 0 Å². The maximum absolute atomic E-state index is 14.3. The van der Waals surface area contributed by atoms with Gasteiger partial charge >= 0.3 is 6.18 Å². The van der Waals surface area contributed by atoms with Crippen LogP contribution in [0.3, 0.4) is 0 Å². The number of benzene rings is 1. The first kappa shape index (κ1) is 24.3. The van der Waals surface area contributed by atoms with E-state index in [1.165, 1.54) is 19.1 Å². The summed E-state index contributed by atoms with van der Waals surface area (Å²) in [4.78, 5) is 6.51. The lowest BCUT2D eigenvalue weighted by Crippen LogP contribution is -2.43. The molecule has 0 saturated carbocycles. The Kier molecular flexibility index (Phi) is 6.79. The highest BCUT2D eigenvalue weighted by molar-refractivity contribution is 5.66. The van der Waals surface area contributed by atoms with Crippen LogP contribution in [0.4, 0.5) is 36.6 Å². The first-order valence-electron chi connectivity index (χ1n) is 9.43. The summed E-state index contributed by atoms with van der Waals surface area (Å²) in [7, 11) is 0. The Balaban J connectivity index is 1.99. The van der Waals surface area contributed by atoms with Gasteiger partial charge in [0.2, 0.25) is 5.82 Å². The molecule has 1 unspecified atom stereocenters. The molecule has 2 aromatic heterocycles. The van der Waals surface area contributed by atoms with E-state index in [-0.39, 0.29) is 28.5 Å². The van der Waals surface area contributed by atoms with Crippen molar-refractivity contribution < 1.29 is 35.5 Å². The molecular weight excluding hydrogens is 459 g/mol. The zero-order chi connectivity index (χ0) is 24.4. The third-order valence-electron chi connectivity index (χ3n) is 5.01. The van der Waals surface area contributed by atoms with E-state index in [2.05, 4.69) is 15.1 Å². The third-order valence-corrected chi connectivity index (χ3v) is 5.01. The third kappa shape index (κ3) is 5.01.